The SMILES string of the molecule is CCOC(=O)c1cc2c([nH]1)CCC[C@H]2Cc1ccccc1. The predicted molar refractivity (Wildman–Crippen MR) is 82.6 cm³/mol. The molecule has 3 rings (SSSR count). The van der Waals surface area contributed by atoms with Crippen molar-refractivity contribution in [3.05, 3.63) is 58.9 Å². The van der Waals surface area contributed by atoms with Crippen molar-refractivity contribution in [1.82, 2.24) is 4.98 Å². The highest BCUT2D eigenvalue weighted by Gasteiger charge is 2.24. The molecule has 1 aliphatic rings. The van der Waals surface area contributed by atoms with Gasteiger partial charge in [-0.2, -0.15) is 0 Å². The highest BCUT2D eigenvalue weighted by atomic mass is 16.5. The smallest absolute Gasteiger partial charge is 0.354 e. The molecule has 1 aromatic heterocycles. The Kier molecular flexibility index (Phi) is 4.09. The highest BCUT2D eigenvalue weighted by molar-refractivity contribution is 5.88. The van der Waals surface area contributed by atoms with E-state index in [-0.39, 0.29) is 5.97 Å². The van der Waals surface area contributed by atoms with Crippen LogP contribution in [0.15, 0.2) is 36.4 Å². The topological polar surface area (TPSA) is 42.1 Å². The Bertz CT molecular complexity index is 615. The molecule has 1 N–H and O–H groups in total. The molecule has 0 bridgehead atoms. The van der Waals surface area contributed by atoms with Gasteiger partial charge < -0.3 is 9.72 Å². The molecule has 0 saturated carbocycles. The van der Waals surface area contributed by atoms with E-state index in [2.05, 4.69) is 29.2 Å². The van der Waals surface area contributed by atoms with Crippen LogP contribution in [-0.2, 0) is 17.6 Å². The number of benzene rings is 1. The second-order valence-corrected chi connectivity index (χ2v) is 5.62. The van der Waals surface area contributed by atoms with Gasteiger partial charge in [0.05, 0.1) is 6.61 Å². The summed E-state index contributed by atoms with van der Waals surface area (Å²) in [5.74, 6) is 0.251. The number of esters is 1. The summed E-state index contributed by atoms with van der Waals surface area (Å²) in [5.41, 5.74) is 4.47. The molecule has 0 unspecified atom stereocenters. The number of fused-ring (bicyclic) bond motifs is 1. The number of hydrogen-bond acceptors (Lipinski definition) is 2. The van der Waals surface area contributed by atoms with E-state index in [1.54, 1.807) is 0 Å². The van der Waals surface area contributed by atoms with Crippen LogP contribution in [0.5, 0.6) is 0 Å². The van der Waals surface area contributed by atoms with Crippen LogP contribution in [0.4, 0.5) is 0 Å². The first-order valence-electron chi connectivity index (χ1n) is 7.70. The Morgan fingerprint density at radius 2 is 2.14 bits per heavy atom. The van der Waals surface area contributed by atoms with E-state index in [0.29, 0.717) is 18.2 Å². The lowest BCUT2D eigenvalue weighted by Gasteiger charge is -2.22. The van der Waals surface area contributed by atoms with Crippen LogP contribution in [0.3, 0.4) is 0 Å². The molecule has 1 aliphatic carbocycles. The average molecular weight is 283 g/mol. The molecular weight excluding hydrogens is 262 g/mol. The molecule has 0 radical (unpaired) electrons. The van der Waals surface area contributed by atoms with Gasteiger partial charge in [-0.25, -0.2) is 4.79 Å². The Morgan fingerprint density at radius 1 is 1.33 bits per heavy atom. The van der Waals surface area contributed by atoms with Crippen molar-refractivity contribution in [1.29, 1.82) is 0 Å². The van der Waals surface area contributed by atoms with Crippen LogP contribution in [0.2, 0.25) is 0 Å². The molecule has 0 aliphatic heterocycles. The molecule has 1 aromatic carbocycles. The van der Waals surface area contributed by atoms with Crippen LogP contribution in [0.1, 0.15) is 53.0 Å². The van der Waals surface area contributed by atoms with Crippen LogP contribution in [-0.4, -0.2) is 17.6 Å². The van der Waals surface area contributed by atoms with Crippen molar-refractivity contribution < 1.29 is 9.53 Å². The number of aromatic nitrogens is 1. The van der Waals surface area contributed by atoms with Crippen LogP contribution in [0, 0.1) is 0 Å². The van der Waals surface area contributed by atoms with Crippen molar-refractivity contribution in [2.75, 3.05) is 6.61 Å². The maximum Gasteiger partial charge on any atom is 0.354 e. The van der Waals surface area contributed by atoms with E-state index >= 15 is 0 Å². The monoisotopic (exact) mass is 283 g/mol. The number of ether oxygens (including phenoxy) is 1. The zero-order valence-corrected chi connectivity index (χ0v) is 12.4. The largest absolute Gasteiger partial charge is 0.461 e. The summed E-state index contributed by atoms with van der Waals surface area (Å²) in [4.78, 5) is 15.1. The number of aryl methyl sites for hydroxylation is 1. The number of carbonyl (C=O) groups is 1. The summed E-state index contributed by atoms with van der Waals surface area (Å²) < 4.78 is 5.09. The van der Waals surface area contributed by atoms with Gasteiger partial charge in [0.1, 0.15) is 5.69 Å². The normalized spacial score (nSPS) is 17.3. The fraction of sp³-hybridized carbons (Fsp3) is 0.389. The molecule has 110 valence electrons. The molecule has 0 fully saturated rings. The Morgan fingerprint density at radius 3 is 2.90 bits per heavy atom. The van der Waals surface area contributed by atoms with Crippen molar-refractivity contribution >= 4 is 5.97 Å². The minimum Gasteiger partial charge on any atom is -0.461 e. The Balaban J connectivity index is 1.82. The minimum atomic E-state index is -0.245. The van der Waals surface area contributed by atoms with E-state index < -0.39 is 0 Å². The number of H-pyrrole nitrogens is 1. The molecule has 1 heterocycles. The lowest BCUT2D eigenvalue weighted by atomic mass is 9.83. The summed E-state index contributed by atoms with van der Waals surface area (Å²) >= 11 is 0. The molecule has 1 atom stereocenters. The van der Waals surface area contributed by atoms with Crippen molar-refractivity contribution in [2.45, 2.75) is 38.5 Å². The molecule has 0 spiro atoms. The average Bonchev–Trinajstić information content (AvgIpc) is 2.94. The minimum absolute atomic E-state index is 0.245. The molecule has 2 aromatic rings. The zero-order chi connectivity index (χ0) is 14.7. The maximum atomic E-state index is 11.9. The summed E-state index contributed by atoms with van der Waals surface area (Å²) in [6.45, 7) is 2.24. The fourth-order valence-corrected chi connectivity index (χ4v) is 3.19. The summed E-state index contributed by atoms with van der Waals surface area (Å²) in [6.07, 6.45) is 4.42. The third-order valence-corrected chi connectivity index (χ3v) is 4.17. The van der Waals surface area contributed by atoms with Gasteiger partial charge in [0, 0.05) is 5.69 Å². The first-order chi connectivity index (χ1) is 10.3. The zero-order valence-electron chi connectivity index (χ0n) is 12.4. The van der Waals surface area contributed by atoms with Gasteiger partial charge in [0.25, 0.3) is 0 Å². The number of aromatic amines is 1. The summed E-state index contributed by atoms with van der Waals surface area (Å²) in [7, 11) is 0. The Labute approximate surface area is 125 Å². The first kappa shape index (κ1) is 13.9. The van der Waals surface area contributed by atoms with E-state index in [4.69, 9.17) is 4.74 Å². The third-order valence-electron chi connectivity index (χ3n) is 4.17. The van der Waals surface area contributed by atoms with Crippen molar-refractivity contribution in [3.8, 4) is 0 Å². The van der Waals surface area contributed by atoms with Crippen LogP contribution >= 0.6 is 0 Å². The van der Waals surface area contributed by atoms with Gasteiger partial charge in [0.15, 0.2) is 0 Å². The predicted octanol–water partition coefficient (Wildman–Crippen LogP) is 3.85. The van der Waals surface area contributed by atoms with Crippen LogP contribution in [0.25, 0.3) is 0 Å². The number of carbonyl (C=O) groups excluding carboxylic acids is 1. The third kappa shape index (κ3) is 3.02. The van der Waals surface area contributed by atoms with E-state index in [1.165, 1.54) is 29.7 Å². The Hall–Kier alpha value is -2.03. The lowest BCUT2D eigenvalue weighted by Crippen LogP contribution is -2.10. The fourth-order valence-electron chi connectivity index (χ4n) is 3.19. The van der Waals surface area contributed by atoms with E-state index in [9.17, 15) is 4.79 Å². The van der Waals surface area contributed by atoms with Crippen molar-refractivity contribution in [2.24, 2.45) is 0 Å². The quantitative estimate of drug-likeness (QED) is 0.866. The molecule has 21 heavy (non-hydrogen) atoms. The highest BCUT2D eigenvalue weighted by Crippen LogP contribution is 2.34. The lowest BCUT2D eigenvalue weighted by molar-refractivity contribution is 0.0520. The van der Waals surface area contributed by atoms with Gasteiger partial charge in [0.2, 0.25) is 0 Å². The van der Waals surface area contributed by atoms with Crippen LogP contribution < -0.4 is 0 Å². The molecule has 0 amide bonds. The molecular formula is C18H21NO2. The van der Waals surface area contributed by atoms with Gasteiger partial charge in [-0.05, 0) is 55.7 Å². The summed E-state index contributed by atoms with van der Waals surface area (Å²) in [6, 6.07) is 12.6. The van der Waals surface area contributed by atoms with Gasteiger partial charge in [-0.15, -0.1) is 0 Å². The molecule has 3 heteroatoms. The van der Waals surface area contributed by atoms with E-state index in [0.717, 1.165) is 12.8 Å². The van der Waals surface area contributed by atoms with Crippen molar-refractivity contribution in [3.63, 3.8) is 0 Å². The maximum absolute atomic E-state index is 11.9. The van der Waals surface area contributed by atoms with E-state index in [1.807, 2.05) is 19.1 Å². The molecule has 0 saturated heterocycles. The second kappa shape index (κ2) is 6.17. The second-order valence-electron chi connectivity index (χ2n) is 5.62. The standard InChI is InChI=1S/C18H21NO2/c1-2-21-18(20)17-12-15-14(9-6-10-16(15)19-17)11-13-7-4-3-5-8-13/h3-5,7-8,12,14,19H,2,6,9-11H2,1H3/t14-/m0/s1. The number of rotatable bonds is 4. The molecule has 3 nitrogen and oxygen atoms in total. The number of hydrogen-bond donors (Lipinski definition) is 1. The van der Waals surface area contributed by atoms with Gasteiger partial charge in [-0.1, -0.05) is 30.3 Å². The summed E-state index contributed by atoms with van der Waals surface area (Å²) in [5, 5.41) is 0. The van der Waals surface area contributed by atoms with Gasteiger partial charge in [-0.3, -0.25) is 0 Å². The first-order valence-corrected chi connectivity index (χ1v) is 7.70. The number of nitrogens with one attached hydrogen (secondary N) is 1. The van der Waals surface area contributed by atoms with Gasteiger partial charge >= 0.3 is 5.97 Å².